The molecular formula is C21H27N3O4. The van der Waals surface area contributed by atoms with E-state index in [1.807, 2.05) is 32.0 Å². The van der Waals surface area contributed by atoms with E-state index in [0.717, 1.165) is 5.56 Å². The van der Waals surface area contributed by atoms with Gasteiger partial charge in [-0.3, -0.25) is 14.6 Å². The summed E-state index contributed by atoms with van der Waals surface area (Å²) in [4.78, 5) is 30.6. The van der Waals surface area contributed by atoms with Crippen LogP contribution in [-0.2, 0) is 6.42 Å². The van der Waals surface area contributed by atoms with E-state index in [0.29, 0.717) is 43.1 Å². The molecule has 0 saturated heterocycles. The lowest BCUT2D eigenvalue weighted by atomic mass is 10.1. The fraction of sp³-hybridized carbons (Fsp3) is 0.381. The predicted molar refractivity (Wildman–Crippen MR) is 107 cm³/mol. The Balaban J connectivity index is 1.98. The van der Waals surface area contributed by atoms with Gasteiger partial charge < -0.3 is 19.7 Å². The number of methoxy groups -OCH3 is 2. The summed E-state index contributed by atoms with van der Waals surface area (Å²) in [7, 11) is 3.17. The van der Waals surface area contributed by atoms with Crippen molar-refractivity contribution < 1.29 is 19.1 Å². The monoisotopic (exact) mass is 385 g/mol. The van der Waals surface area contributed by atoms with Crippen LogP contribution in [-0.4, -0.2) is 55.6 Å². The minimum Gasteiger partial charge on any atom is -0.493 e. The molecule has 1 aromatic carbocycles. The Bertz CT molecular complexity index is 819. The molecule has 28 heavy (non-hydrogen) atoms. The highest BCUT2D eigenvalue weighted by Gasteiger charge is 2.15. The van der Waals surface area contributed by atoms with Crippen molar-refractivity contribution in [3.63, 3.8) is 0 Å². The molecule has 2 amide bonds. The van der Waals surface area contributed by atoms with Crippen molar-refractivity contribution in [2.45, 2.75) is 20.3 Å². The van der Waals surface area contributed by atoms with E-state index in [-0.39, 0.29) is 17.5 Å². The maximum Gasteiger partial charge on any atom is 0.269 e. The van der Waals surface area contributed by atoms with Crippen molar-refractivity contribution in [1.82, 2.24) is 15.2 Å². The Morgan fingerprint density at radius 2 is 1.75 bits per heavy atom. The van der Waals surface area contributed by atoms with Gasteiger partial charge in [-0.2, -0.15) is 0 Å². The van der Waals surface area contributed by atoms with Gasteiger partial charge in [-0.15, -0.1) is 0 Å². The number of pyridine rings is 1. The number of rotatable bonds is 9. The molecule has 0 bridgehead atoms. The molecule has 0 radical (unpaired) electrons. The quantitative estimate of drug-likeness (QED) is 0.717. The van der Waals surface area contributed by atoms with Gasteiger partial charge in [-0.25, -0.2) is 0 Å². The zero-order chi connectivity index (χ0) is 20.5. The van der Waals surface area contributed by atoms with Crippen LogP contribution in [0.3, 0.4) is 0 Å². The van der Waals surface area contributed by atoms with Gasteiger partial charge in [0.1, 0.15) is 5.69 Å². The second kappa shape index (κ2) is 10.3. The summed E-state index contributed by atoms with van der Waals surface area (Å²) in [5.41, 5.74) is 1.70. The summed E-state index contributed by atoms with van der Waals surface area (Å²) < 4.78 is 10.5. The molecule has 0 spiro atoms. The highest BCUT2D eigenvalue weighted by Crippen LogP contribution is 2.27. The second-order valence-corrected chi connectivity index (χ2v) is 6.10. The van der Waals surface area contributed by atoms with Gasteiger partial charge in [0, 0.05) is 31.4 Å². The highest BCUT2D eigenvalue weighted by molar-refractivity contribution is 5.98. The molecule has 1 aromatic heterocycles. The minimum absolute atomic E-state index is 0.105. The van der Waals surface area contributed by atoms with Crippen LogP contribution >= 0.6 is 0 Å². The van der Waals surface area contributed by atoms with Gasteiger partial charge >= 0.3 is 0 Å². The zero-order valence-electron chi connectivity index (χ0n) is 16.8. The lowest BCUT2D eigenvalue weighted by molar-refractivity contribution is 0.0773. The van der Waals surface area contributed by atoms with Crippen molar-refractivity contribution in [1.29, 1.82) is 0 Å². The smallest absolute Gasteiger partial charge is 0.269 e. The highest BCUT2D eigenvalue weighted by atomic mass is 16.5. The SMILES string of the molecule is CCN(CC)C(=O)c1ccnc(C(=O)NCCc2ccc(OC)c(OC)c2)c1. The van der Waals surface area contributed by atoms with Crippen LogP contribution in [0.2, 0.25) is 0 Å². The van der Waals surface area contributed by atoms with Crippen LogP contribution in [0.4, 0.5) is 0 Å². The van der Waals surface area contributed by atoms with Crippen molar-refractivity contribution in [3.05, 3.63) is 53.3 Å². The first-order chi connectivity index (χ1) is 13.5. The van der Waals surface area contributed by atoms with E-state index in [2.05, 4.69) is 10.3 Å². The number of ether oxygens (including phenoxy) is 2. The number of nitrogens with zero attached hydrogens (tertiary/aromatic N) is 2. The molecule has 0 aliphatic heterocycles. The molecule has 1 N–H and O–H groups in total. The lowest BCUT2D eigenvalue weighted by Crippen LogP contribution is -2.31. The first-order valence-electron chi connectivity index (χ1n) is 9.28. The van der Waals surface area contributed by atoms with Crippen LogP contribution in [0, 0.1) is 0 Å². The third-order valence-electron chi connectivity index (χ3n) is 4.44. The number of nitrogens with one attached hydrogen (secondary N) is 1. The zero-order valence-corrected chi connectivity index (χ0v) is 16.8. The molecule has 7 heteroatoms. The molecule has 0 aliphatic rings. The molecule has 0 atom stereocenters. The van der Waals surface area contributed by atoms with Crippen LogP contribution in [0.5, 0.6) is 11.5 Å². The van der Waals surface area contributed by atoms with Gasteiger partial charge in [0.15, 0.2) is 11.5 Å². The van der Waals surface area contributed by atoms with Crippen molar-refractivity contribution >= 4 is 11.8 Å². The van der Waals surface area contributed by atoms with Gasteiger partial charge in [-0.1, -0.05) is 6.07 Å². The average Bonchev–Trinajstić information content (AvgIpc) is 2.74. The second-order valence-electron chi connectivity index (χ2n) is 6.10. The summed E-state index contributed by atoms with van der Waals surface area (Å²) in [5.74, 6) is 0.895. The molecular weight excluding hydrogens is 358 g/mol. The van der Waals surface area contributed by atoms with Crippen molar-refractivity contribution in [2.24, 2.45) is 0 Å². The number of carbonyl (C=O) groups excluding carboxylic acids is 2. The van der Waals surface area contributed by atoms with Gasteiger partial charge in [0.25, 0.3) is 11.8 Å². The maximum absolute atomic E-state index is 12.4. The van der Waals surface area contributed by atoms with E-state index in [9.17, 15) is 9.59 Å². The van der Waals surface area contributed by atoms with Crippen molar-refractivity contribution in [3.8, 4) is 11.5 Å². The number of hydrogen-bond donors (Lipinski definition) is 1. The van der Waals surface area contributed by atoms with E-state index >= 15 is 0 Å². The average molecular weight is 385 g/mol. The molecule has 150 valence electrons. The Kier molecular flexibility index (Phi) is 7.80. The summed E-state index contributed by atoms with van der Waals surface area (Å²) in [6.07, 6.45) is 2.12. The first-order valence-corrected chi connectivity index (χ1v) is 9.28. The number of amides is 2. The number of aromatic nitrogens is 1. The molecule has 7 nitrogen and oxygen atoms in total. The summed E-state index contributed by atoms with van der Waals surface area (Å²) >= 11 is 0. The normalized spacial score (nSPS) is 10.3. The van der Waals surface area contributed by atoms with Gasteiger partial charge in [0.2, 0.25) is 0 Å². The third-order valence-corrected chi connectivity index (χ3v) is 4.44. The topological polar surface area (TPSA) is 80.8 Å². The summed E-state index contributed by atoms with van der Waals surface area (Å²) in [5, 5.41) is 2.84. The van der Waals surface area contributed by atoms with E-state index in [1.54, 1.807) is 25.2 Å². The molecule has 0 aliphatic carbocycles. The number of benzene rings is 1. The Morgan fingerprint density at radius 3 is 2.39 bits per heavy atom. The Hall–Kier alpha value is -3.09. The standard InChI is InChI=1S/C21H27N3O4/c1-5-24(6-2)21(26)16-10-12-22-17(14-16)20(25)23-11-9-15-7-8-18(27-3)19(13-15)28-4/h7-8,10,12-14H,5-6,9,11H2,1-4H3,(H,23,25). The van der Waals surface area contributed by atoms with Crippen LogP contribution in [0.25, 0.3) is 0 Å². The number of hydrogen-bond acceptors (Lipinski definition) is 5. The van der Waals surface area contributed by atoms with Gasteiger partial charge in [-0.05, 0) is 50.1 Å². The first kappa shape index (κ1) is 21.2. The maximum atomic E-state index is 12.4. The molecule has 2 rings (SSSR count). The van der Waals surface area contributed by atoms with Crippen LogP contribution < -0.4 is 14.8 Å². The Labute approximate surface area is 165 Å². The van der Waals surface area contributed by atoms with E-state index in [1.165, 1.54) is 12.3 Å². The fourth-order valence-electron chi connectivity index (χ4n) is 2.83. The lowest BCUT2D eigenvalue weighted by Gasteiger charge is -2.18. The minimum atomic E-state index is -0.310. The third kappa shape index (κ3) is 5.22. The van der Waals surface area contributed by atoms with Crippen LogP contribution in [0.1, 0.15) is 40.3 Å². The fourth-order valence-corrected chi connectivity index (χ4v) is 2.83. The van der Waals surface area contributed by atoms with E-state index < -0.39 is 0 Å². The molecule has 1 heterocycles. The summed E-state index contributed by atoms with van der Waals surface area (Å²) in [6, 6.07) is 8.80. The molecule has 2 aromatic rings. The predicted octanol–water partition coefficient (Wildman–Crippen LogP) is 2.55. The van der Waals surface area contributed by atoms with Crippen molar-refractivity contribution in [2.75, 3.05) is 33.9 Å². The van der Waals surface area contributed by atoms with Crippen LogP contribution in [0.15, 0.2) is 36.5 Å². The largest absolute Gasteiger partial charge is 0.493 e. The molecule has 0 unspecified atom stereocenters. The van der Waals surface area contributed by atoms with E-state index in [4.69, 9.17) is 9.47 Å². The molecule has 0 saturated carbocycles. The summed E-state index contributed by atoms with van der Waals surface area (Å²) in [6.45, 7) is 5.51. The van der Waals surface area contributed by atoms with Gasteiger partial charge in [0.05, 0.1) is 14.2 Å². The Morgan fingerprint density at radius 1 is 1.04 bits per heavy atom. The molecule has 0 fully saturated rings. The number of carbonyl (C=O) groups is 2.